The molecule has 3 rings (SSSR count). The number of hydrogen-bond donors (Lipinski definition) is 1. The smallest absolute Gasteiger partial charge is 0.336 e. The first kappa shape index (κ1) is 17.0. The number of para-hydroxylation sites is 1. The number of hydrogen-bond acceptors (Lipinski definition) is 3. The number of aryl methyl sites for hydroxylation is 1. The predicted molar refractivity (Wildman–Crippen MR) is 99.3 cm³/mol. The van der Waals surface area contributed by atoms with E-state index < -0.39 is 5.97 Å². The van der Waals surface area contributed by atoms with E-state index in [1.54, 1.807) is 12.1 Å². The lowest BCUT2D eigenvalue weighted by molar-refractivity contribution is 0.0699. The molecule has 0 amide bonds. The van der Waals surface area contributed by atoms with Crippen molar-refractivity contribution in [2.45, 2.75) is 26.7 Å². The normalized spacial score (nSPS) is 10.8. The summed E-state index contributed by atoms with van der Waals surface area (Å²) in [5, 5.41) is 10.2. The molecule has 0 spiro atoms. The first-order valence-corrected chi connectivity index (χ1v) is 8.47. The number of carboxylic acid groups (broad SMARTS) is 1. The fraction of sp³-hybridized carbons (Fsp3) is 0.238. The van der Waals surface area contributed by atoms with Crippen LogP contribution >= 0.6 is 0 Å². The highest BCUT2D eigenvalue weighted by Gasteiger charge is 2.14. The topological polar surface area (TPSA) is 59.4 Å². The van der Waals surface area contributed by atoms with E-state index in [-0.39, 0.29) is 5.56 Å². The Bertz CT molecular complexity index is 901. The van der Waals surface area contributed by atoms with E-state index in [9.17, 15) is 9.90 Å². The Morgan fingerprint density at radius 2 is 1.92 bits per heavy atom. The summed E-state index contributed by atoms with van der Waals surface area (Å²) in [5.74, 6) is -0.133. The molecule has 0 atom stereocenters. The number of carboxylic acids is 1. The van der Waals surface area contributed by atoms with Crippen molar-refractivity contribution in [1.29, 1.82) is 0 Å². The maximum absolute atomic E-state index is 11.7. The molecule has 3 aromatic rings. The number of nitrogens with zero attached hydrogens (tertiary/aromatic N) is 1. The van der Waals surface area contributed by atoms with Crippen LogP contribution in [-0.4, -0.2) is 22.7 Å². The Morgan fingerprint density at radius 3 is 2.60 bits per heavy atom. The van der Waals surface area contributed by atoms with Crippen LogP contribution in [0, 0.1) is 6.92 Å². The van der Waals surface area contributed by atoms with Crippen molar-refractivity contribution in [3.8, 4) is 17.0 Å². The Morgan fingerprint density at radius 1 is 1.16 bits per heavy atom. The second-order valence-corrected chi connectivity index (χ2v) is 6.06. The number of aromatic carboxylic acids is 1. The summed E-state index contributed by atoms with van der Waals surface area (Å²) >= 11 is 0. The van der Waals surface area contributed by atoms with Gasteiger partial charge in [0.2, 0.25) is 0 Å². The zero-order chi connectivity index (χ0) is 17.8. The van der Waals surface area contributed by atoms with Gasteiger partial charge in [0.25, 0.3) is 0 Å². The molecular formula is C21H21NO3. The van der Waals surface area contributed by atoms with Crippen molar-refractivity contribution in [2.75, 3.05) is 6.61 Å². The number of benzene rings is 2. The van der Waals surface area contributed by atoms with Gasteiger partial charge >= 0.3 is 5.97 Å². The van der Waals surface area contributed by atoms with E-state index in [0.29, 0.717) is 17.7 Å². The molecule has 0 saturated carbocycles. The number of rotatable bonds is 6. The summed E-state index contributed by atoms with van der Waals surface area (Å²) in [6.45, 7) is 4.77. The average molecular weight is 335 g/mol. The van der Waals surface area contributed by atoms with E-state index in [1.165, 1.54) is 0 Å². The maximum Gasteiger partial charge on any atom is 0.336 e. The van der Waals surface area contributed by atoms with Crippen molar-refractivity contribution >= 4 is 16.9 Å². The Hall–Kier alpha value is -2.88. The van der Waals surface area contributed by atoms with Gasteiger partial charge in [0.1, 0.15) is 5.75 Å². The summed E-state index contributed by atoms with van der Waals surface area (Å²) < 4.78 is 5.67. The van der Waals surface area contributed by atoms with Gasteiger partial charge in [-0.3, -0.25) is 0 Å². The van der Waals surface area contributed by atoms with E-state index >= 15 is 0 Å². The molecule has 1 aromatic heterocycles. The van der Waals surface area contributed by atoms with Gasteiger partial charge in [-0.1, -0.05) is 31.5 Å². The third kappa shape index (κ3) is 3.63. The Balaban J connectivity index is 2.01. The van der Waals surface area contributed by atoms with Gasteiger partial charge in [-0.2, -0.15) is 0 Å². The molecule has 4 nitrogen and oxygen atoms in total. The summed E-state index contributed by atoms with van der Waals surface area (Å²) in [4.78, 5) is 16.4. The molecule has 0 unspecified atom stereocenters. The van der Waals surface area contributed by atoms with Crippen molar-refractivity contribution < 1.29 is 14.6 Å². The molecule has 4 heteroatoms. The molecule has 0 saturated heterocycles. The summed E-state index contributed by atoms with van der Waals surface area (Å²) in [6.07, 6.45) is 2.12. The fourth-order valence-electron chi connectivity index (χ4n) is 2.77. The molecule has 0 bridgehead atoms. The lowest BCUT2D eigenvalue weighted by atomic mass is 10.0. The molecule has 0 aliphatic heterocycles. The second kappa shape index (κ2) is 7.34. The zero-order valence-electron chi connectivity index (χ0n) is 14.5. The highest BCUT2D eigenvalue weighted by Crippen LogP contribution is 2.28. The van der Waals surface area contributed by atoms with Crippen LogP contribution in [0.4, 0.5) is 0 Å². The molecule has 0 radical (unpaired) electrons. The molecule has 128 valence electrons. The maximum atomic E-state index is 11.7. The molecule has 1 heterocycles. The standard InChI is InChI=1S/C21H21NO3/c1-3-4-12-25-16-10-8-15(9-11-16)19-13-18(21(23)24)17-7-5-6-14(2)20(17)22-19/h5-11,13H,3-4,12H2,1-2H3,(H,23,24). The average Bonchev–Trinajstić information content (AvgIpc) is 2.62. The fourth-order valence-corrected chi connectivity index (χ4v) is 2.77. The van der Waals surface area contributed by atoms with E-state index in [2.05, 4.69) is 11.9 Å². The molecule has 0 aliphatic carbocycles. The van der Waals surface area contributed by atoms with Gasteiger partial charge < -0.3 is 9.84 Å². The van der Waals surface area contributed by atoms with Gasteiger partial charge in [0.05, 0.1) is 23.4 Å². The van der Waals surface area contributed by atoms with Crippen LogP contribution in [0.25, 0.3) is 22.2 Å². The first-order valence-electron chi connectivity index (χ1n) is 8.47. The van der Waals surface area contributed by atoms with E-state index in [4.69, 9.17) is 4.74 Å². The van der Waals surface area contributed by atoms with Crippen molar-refractivity contribution in [3.63, 3.8) is 0 Å². The van der Waals surface area contributed by atoms with Crippen LogP contribution < -0.4 is 4.74 Å². The predicted octanol–water partition coefficient (Wildman–Crippen LogP) is 5.09. The second-order valence-electron chi connectivity index (χ2n) is 6.06. The Kier molecular flexibility index (Phi) is 4.98. The van der Waals surface area contributed by atoms with Crippen LogP contribution in [0.1, 0.15) is 35.7 Å². The molecular weight excluding hydrogens is 314 g/mol. The minimum atomic E-state index is -0.946. The SMILES string of the molecule is CCCCOc1ccc(-c2cc(C(=O)O)c3cccc(C)c3n2)cc1. The van der Waals surface area contributed by atoms with Gasteiger partial charge in [-0.05, 0) is 49.2 Å². The van der Waals surface area contributed by atoms with Gasteiger partial charge in [-0.25, -0.2) is 9.78 Å². The number of pyridine rings is 1. The van der Waals surface area contributed by atoms with Crippen LogP contribution in [0.15, 0.2) is 48.5 Å². The lowest BCUT2D eigenvalue weighted by Gasteiger charge is -2.10. The third-order valence-electron chi connectivity index (χ3n) is 4.19. The number of carbonyl (C=O) groups is 1. The molecule has 1 N–H and O–H groups in total. The van der Waals surface area contributed by atoms with E-state index in [0.717, 1.165) is 35.2 Å². The van der Waals surface area contributed by atoms with Gasteiger partial charge in [0.15, 0.2) is 0 Å². The van der Waals surface area contributed by atoms with Crippen molar-refractivity contribution in [3.05, 3.63) is 59.7 Å². The van der Waals surface area contributed by atoms with Gasteiger partial charge in [-0.15, -0.1) is 0 Å². The number of fused-ring (bicyclic) bond motifs is 1. The molecule has 25 heavy (non-hydrogen) atoms. The third-order valence-corrected chi connectivity index (χ3v) is 4.19. The van der Waals surface area contributed by atoms with Gasteiger partial charge in [0, 0.05) is 10.9 Å². The van der Waals surface area contributed by atoms with Crippen LogP contribution in [0.3, 0.4) is 0 Å². The zero-order valence-corrected chi connectivity index (χ0v) is 14.5. The Labute approximate surface area is 147 Å². The monoisotopic (exact) mass is 335 g/mol. The lowest BCUT2D eigenvalue weighted by Crippen LogP contribution is -2.01. The number of unbranched alkanes of at least 4 members (excludes halogenated alkanes) is 1. The molecule has 0 fully saturated rings. The number of ether oxygens (including phenoxy) is 1. The van der Waals surface area contributed by atoms with Crippen LogP contribution in [-0.2, 0) is 0 Å². The van der Waals surface area contributed by atoms with Crippen LogP contribution in [0.5, 0.6) is 5.75 Å². The largest absolute Gasteiger partial charge is 0.494 e. The first-order chi connectivity index (χ1) is 12.1. The highest BCUT2D eigenvalue weighted by molar-refractivity contribution is 6.04. The molecule has 2 aromatic carbocycles. The van der Waals surface area contributed by atoms with Crippen LogP contribution in [0.2, 0.25) is 0 Å². The summed E-state index contributed by atoms with van der Waals surface area (Å²) in [6, 6.07) is 14.9. The number of aromatic nitrogens is 1. The summed E-state index contributed by atoms with van der Waals surface area (Å²) in [5.41, 5.74) is 3.48. The summed E-state index contributed by atoms with van der Waals surface area (Å²) in [7, 11) is 0. The van der Waals surface area contributed by atoms with Crippen molar-refractivity contribution in [1.82, 2.24) is 4.98 Å². The molecule has 0 aliphatic rings. The minimum absolute atomic E-state index is 0.270. The minimum Gasteiger partial charge on any atom is -0.494 e. The highest BCUT2D eigenvalue weighted by atomic mass is 16.5. The van der Waals surface area contributed by atoms with Crippen molar-refractivity contribution in [2.24, 2.45) is 0 Å². The quantitative estimate of drug-likeness (QED) is 0.638. The van der Waals surface area contributed by atoms with E-state index in [1.807, 2.05) is 43.3 Å².